The van der Waals surface area contributed by atoms with E-state index in [9.17, 15) is 19.7 Å². The number of hydrogen-bond acceptors (Lipinski definition) is 6. The molecule has 0 fully saturated rings. The van der Waals surface area contributed by atoms with Crippen LogP contribution in [0, 0.1) is 17.0 Å². The largest absolute Gasteiger partial charge is 0.462 e. The molecule has 0 aliphatic heterocycles. The molecule has 0 bridgehead atoms. The van der Waals surface area contributed by atoms with Gasteiger partial charge in [0.25, 0.3) is 11.6 Å². The van der Waals surface area contributed by atoms with Crippen LogP contribution in [0.1, 0.15) is 45.0 Å². The summed E-state index contributed by atoms with van der Waals surface area (Å²) in [6.45, 7) is 5.66. The number of ether oxygens (including phenoxy) is 1. The number of amides is 1. The molecule has 138 valence electrons. The van der Waals surface area contributed by atoms with Crippen molar-refractivity contribution in [3.63, 3.8) is 0 Å². The lowest BCUT2D eigenvalue weighted by molar-refractivity contribution is -0.384. The summed E-state index contributed by atoms with van der Waals surface area (Å²) in [5.74, 6) is -1.15. The van der Waals surface area contributed by atoms with E-state index in [2.05, 4.69) is 5.32 Å². The van der Waals surface area contributed by atoms with Crippen LogP contribution in [0.25, 0.3) is 0 Å². The third-order valence-electron chi connectivity index (χ3n) is 3.67. The summed E-state index contributed by atoms with van der Waals surface area (Å²) in [5.41, 5.74) is 0.821. The number of rotatable bonds is 6. The Labute approximate surface area is 159 Å². The highest BCUT2D eigenvalue weighted by Gasteiger charge is 2.25. The average molecular weight is 397 g/mol. The molecule has 1 N–H and O–H groups in total. The number of nitro benzene ring substituents is 1. The molecule has 0 saturated carbocycles. The smallest absolute Gasteiger partial charge is 0.341 e. The zero-order chi connectivity index (χ0) is 19.4. The standard InChI is InChI=1S/C17H17ClN2O5S/c1-4-11-9(3)26-16(14(11)17(22)25-5-2)19-15(21)12-8-10(20(23)24)6-7-13(12)18/h6-8H,4-5H2,1-3H3,(H,19,21). The first-order valence-corrected chi connectivity index (χ1v) is 9.04. The van der Waals surface area contributed by atoms with E-state index in [-0.39, 0.29) is 22.9 Å². The van der Waals surface area contributed by atoms with Crippen LogP contribution in [-0.2, 0) is 11.2 Å². The predicted octanol–water partition coefficient (Wildman–Crippen LogP) is 4.61. The Morgan fingerprint density at radius 3 is 2.62 bits per heavy atom. The van der Waals surface area contributed by atoms with E-state index in [1.54, 1.807) is 6.92 Å². The van der Waals surface area contributed by atoms with Gasteiger partial charge in [-0.25, -0.2) is 4.79 Å². The van der Waals surface area contributed by atoms with Crippen molar-refractivity contribution in [2.75, 3.05) is 11.9 Å². The third kappa shape index (κ3) is 4.03. The summed E-state index contributed by atoms with van der Waals surface area (Å²) in [4.78, 5) is 36.1. The quantitative estimate of drug-likeness (QED) is 0.436. The van der Waals surface area contributed by atoms with Gasteiger partial charge < -0.3 is 10.1 Å². The lowest BCUT2D eigenvalue weighted by atomic mass is 10.1. The number of nitrogens with one attached hydrogen (secondary N) is 1. The number of carbonyl (C=O) groups excluding carboxylic acids is 2. The Balaban J connectivity index is 2.42. The number of carbonyl (C=O) groups is 2. The molecular formula is C17H17ClN2O5S. The highest BCUT2D eigenvalue weighted by Crippen LogP contribution is 2.35. The van der Waals surface area contributed by atoms with Gasteiger partial charge in [-0.2, -0.15) is 0 Å². The van der Waals surface area contributed by atoms with Crippen LogP contribution < -0.4 is 5.32 Å². The Hall–Kier alpha value is -2.45. The van der Waals surface area contributed by atoms with E-state index in [1.165, 1.54) is 23.5 Å². The van der Waals surface area contributed by atoms with Crippen LogP contribution >= 0.6 is 22.9 Å². The van der Waals surface area contributed by atoms with Crippen LogP contribution in [0.2, 0.25) is 5.02 Å². The first-order valence-electron chi connectivity index (χ1n) is 7.84. The molecular weight excluding hydrogens is 380 g/mol. The molecule has 2 aromatic rings. The topological polar surface area (TPSA) is 98.5 Å². The number of nitro groups is 1. The second-order valence-electron chi connectivity index (χ2n) is 5.29. The van der Waals surface area contributed by atoms with E-state index in [0.717, 1.165) is 16.5 Å². The molecule has 0 radical (unpaired) electrons. The maximum Gasteiger partial charge on any atom is 0.341 e. The number of esters is 1. The molecule has 0 spiro atoms. The average Bonchev–Trinajstić information content (AvgIpc) is 2.90. The summed E-state index contributed by atoms with van der Waals surface area (Å²) >= 11 is 7.26. The van der Waals surface area contributed by atoms with Crippen molar-refractivity contribution in [2.45, 2.75) is 27.2 Å². The van der Waals surface area contributed by atoms with Crippen molar-refractivity contribution in [1.29, 1.82) is 0 Å². The molecule has 0 atom stereocenters. The van der Waals surface area contributed by atoms with E-state index in [1.807, 2.05) is 13.8 Å². The molecule has 1 aromatic carbocycles. The lowest BCUT2D eigenvalue weighted by Gasteiger charge is -2.09. The van der Waals surface area contributed by atoms with Crippen LogP contribution in [0.3, 0.4) is 0 Å². The monoisotopic (exact) mass is 396 g/mol. The zero-order valence-electron chi connectivity index (χ0n) is 14.4. The van der Waals surface area contributed by atoms with Crippen molar-refractivity contribution in [1.82, 2.24) is 0 Å². The number of benzene rings is 1. The minimum absolute atomic E-state index is 0.0419. The minimum Gasteiger partial charge on any atom is -0.462 e. The van der Waals surface area contributed by atoms with Gasteiger partial charge in [0.05, 0.1) is 27.7 Å². The van der Waals surface area contributed by atoms with Crippen molar-refractivity contribution in [2.24, 2.45) is 0 Å². The Morgan fingerprint density at radius 2 is 2.04 bits per heavy atom. The molecule has 7 nitrogen and oxygen atoms in total. The maximum absolute atomic E-state index is 12.6. The molecule has 2 rings (SSSR count). The predicted molar refractivity (Wildman–Crippen MR) is 100 cm³/mol. The lowest BCUT2D eigenvalue weighted by Crippen LogP contribution is -2.15. The maximum atomic E-state index is 12.6. The molecule has 1 heterocycles. The van der Waals surface area contributed by atoms with Gasteiger partial charge in [0, 0.05) is 17.0 Å². The molecule has 1 aromatic heterocycles. The highest BCUT2D eigenvalue weighted by molar-refractivity contribution is 7.16. The Kier molecular flexibility index (Phi) is 6.33. The fourth-order valence-electron chi connectivity index (χ4n) is 2.48. The van der Waals surface area contributed by atoms with E-state index in [4.69, 9.17) is 16.3 Å². The van der Waals surface area contributed by atoms with E-state index >= 15 is 0 Å². The minimum atomic E-state index is -0.631. The molecule has 26 heavy (non-hydrogen) atoms. The second kappa shape index (κ2) is 8.29. The molecule has 0 unspecified atom stereocenters. The fourth-order valence-corrected chi connectivity index (χ4v) is 3.81. The SMILES string of the molecule is CCOC(=O)c1c(NC(=O)c2cc([N+](=O)[O-])ccc2Cl)sc(C)c1CC. The Morgan fingerprint density at radius 1 is 1.35 bits per heavy atom. The van der Waals surface area contributed by atoms with Gasteiger partial charge in [-0.3, -0.25) is 14.9 Å². The number of aryl methyl sites for hydroxylation is 1. The van der Waals surface area contributed by atoms with E-state index < -0.39 is 16.8 Å². The number of anilines is 1. The zero-order valence-corrected chi connectivity index (χ0v) is 16.0. The van der Waals surface area contributed by atoms with Gasteiger partial charge in [-0.15, -0.1) is 11.3 Å². The van der Waals surface area contributed by atoms with Crippen LogP contribution in [0.15, 0.2) is 18.2 Å². The van der Waals surface area contributed by atoms with Crippen LogP contribution in [0.5, 0.6) is 0 Å². The first-order chi connectivity index (χ1) is 12.3. The summed E-state index contributed by atoms with van der Waals surface area (Å²) in [6.07, 6.45) is 0.601. The van der Waals surface area contributed by atoms with Gasteiger partial charge in [0.1, 0.15) is 5.00 Å². The third-order valence-corrected chi connectivity index (χ3v) is 5.07. The molecule has 9 heteroatoms. The number of nitrogens with zero attached hydrogens (tertiary/aromatic N) is 1. The molecule has 0 aliphatic carbocycles. The van der Waals surface area contributed by atoms with Crippen LogP contribution in [0.4, 0.5) is 10.7 Å². The van der Waals surface area contributed by atoms with Crippen molar-refractivity contribution in [3.05, 3.63) is 54.9 Å². The van der Waals surface area contributed by atoms with Gasteiger partial charge in [-0.05, 0) is 31.9 Å². The summed E-state index contributed by atoms with van der Waals surface area (Å²) in [7, 11) is 0. The van der Waals surface area contributed by atoms with Crippen molar-refractivity contribution < 1.29 is 19.2 Å². The second-order valence-corrected chi connectivity index (χ2v) is 6.92. The Bertz CT molecular complexity index is 878. The fraction of sp³-hybridized carbons (Fsp3) is 0.294. The van der Waals surface area contributed by atoms with Gasteiger partial charge in [0.15, 0.2) is 0 Å². The molecule has 0 saturated heterocycles. The molecule has 0 aliphatic rings. The molecule has 1 amide bonds. The van der Waals surface area contributed by atoms with Gasteiger partial charge in [0.2, 0.25) is 0 Å². The van der Waals surface area contributed by atoms with Crippen LogP contribution in [-0.4, -0.2) is 23.4 Å². The number of halogens is 1. The number of hydrogen-bond donors (Lipinski definition) is 1. The van der Waals surface area contributed by atoms with Gasteiger partial charge in [-0.1, -0.05) is 18.5 Å². The number of thiophene rings is 1. The normalized spacial score (nSPS) is 10.5. The van der Waals surface area contributed by atoms with Crippen molar-refractivity contribution >= 4 is 45.5 Å². The summed E-state index contributed by atoms with van der Waals surface area (Å²) < 4.78 is 5.09. The van der Waals surface area contributed by atoms with Gasteiger partial charge >= 0.3 is 5.97 Å². The van der Waals surface area contributed by atoms with E-state index in [0.29, 0.717) is 17.0 Å². The highest BCUT2D eigenvalue weighted by atomic mass is 35.5. The summed E-state index contributed by atoms with van der Waals surface area (Å²) in [6, 6.07) is 3.61. The first kappa shape index (κ1) is 19.9. The van der Waals surface area contributed by atoms with Crippen molar-refractivity contribution in [3.8, 4) is 0 Å². The number of non-ortho nitro benzene ring substituents is 1. The summed E-state index contributed by atoms with van der Waals surface area (Å²) in [5, 5.41) is 14.0.